The summed E-state index contributed by atoms with van der Waals surface area (Å²) in [6.45, 7) is 7.18. The molecule has 240 valence electrons. The topological polar surface area (TPSA) is 131 Å². The summed E-state index contributed by atoms with van der Waals surface area (Å²) in [5, 5.41) is 21.4. The van der Waals surface area contributed by atoms with Gasteiger partial charge in [0.2, 0.25) is 0 Å². The number of carbonyl (C=O) groups is 3. The second-order valence-corrected chi connectivity index (χ2v) is 9.36. The van der Waals surface area contributed by atoms with Crippen LogP contribution in [0.5, 0.6) is 0 Å². The third-order valence-electron chi connectivity index (χ3n) is 5.77. The monoisotopic (exact) mass is 635 g/mol. The van der Waals surface area contributed by atoms with Crippen molar-refractivity contribution in [2.45, 2.75) is 38.0 Å². The number of alkyl halides is 9. The van der Waals surface area contributed by atoms with Crippen LogP contribution >= 0.6 is 0 Å². The van der Waals surface area contributed by atoms with Crippen molar-refractivity contribution in [3.63, 3.8) is 0 Å². The van der Waals surface area contributed by atoms with E-state index in [2.05, 4.69) is 57.2 Å². The largest absolute Gasteiger partial charge is 0.490 e. The molecule has 0 atom stereocenters. The lowest BCUT2D eigenvalue weighted by molar-refractivity contribution is -0.193. The van der Waals surface area contributed by atoms with E-state index in [1.165, 1.54) is 43.7 Å². The number of pyridine rings is 1. The normalized spacial score (nSPS) is 16.3. The van der Waals surface area contributed by atoms with E-state index in [-0.39, 0.29) is 0 Å². The first-order valence-electron chi connectivity index (χ1n) is 11.9. The lowest BCUT2D eigenvalue weighted by atomic mass is 9.79. The van der Waals surface area contributed by atoms with E-state index in [1.807, 2.05) is 12.4 Å². The highest BCUT2D eigenvalue weighted by molar-refractivity contribution is 5.73. The molecule has 4 rings (SSSR count). The van der Waals surface area contributed by atoms with Gasteiger partial charge in [-0.2, -0.15) is 39.5 Å². The maximum absolute atomic E-state index is 10.6. The average Bonchev–Trinajstić information content (AvgIpc) is 3.28. The molecule has 1 aromatic heterocycles. The molecule has 3 heterocycles. The van der Waals surface area contributed by atoms with E-state index >= 15 is 0 Å². The minimum atomic E-state index is -5.08. The van der Waals surface area contributed by atoms with Gasteiger partial charge in [-0.15, -0.1) is 0 Å². The maximum atomic E-state index is 10.6. The highest BCUT2D eigenvalue weighted by atomic mass is 19.4. The zero-order valence-electron chi connectivity index (χ0n) is 22.0. The van der Waals surface area contributed by atoms with Crippen molar-refractivity contribution >= 4 is 17.9 Å². The van der Waals surface area contributed by atoms with Crippen molar-refractivity contribution in [1.29, 1.82) is 0 Å². The first-order valence-corrected chi connectivity index (χ1v) is 11.9. The Labute approximate surface area is 238 Å². The molecule has 0 radical (unpaired) electrons. The molecule has 0 unspecified atom stereocenters. The average molecular weight is 635 g/mol. The van der Waals surface area contributed by atoms with Gasteiger partial charge in [0.25, 0.3) is 0 Å². The van der Waals surface area contributed by atoms with Crippen LogP contribution in [0.3, 0.4) is 0 Å². The van der Waals surface area contributed by atoms with Crippen molar-refractivity contribution in [1.82, 2.24) is 14.8 Å². The molecular weight excluding hydrogens is 609 g/mol. The molecule has 2 fully saturated rings. The minimum Gasteiger partial charge on any atom is -0.475 e. The first-order chi connectivity index (χ1) is 19.6. The molecule has 1 aromatic carbocycles. The Kier molecular flexibility index (Phi) is 13.4. The Morgan fingerprint density at radius 1 is 0.651 bits per heavy atom. The van der Waals surface area contributed by atoms with Crippen molar-refractivity contribution in [2.75, 3.05) is 26.2 Å². The van der Waals surface area contributed by atoms with Crippen LogP contribution in [0.4, 0.5) is 39.5 Å². The zero-order valence-corrected chi connectivity index (χ0v) is 22.0. The van der Waals surface area contributed by atoms with E-state index in [0.717, 1.165) is 13.1 Å². The molecule has 43 heavy (non-hydrogen) atoms. The summed E-state index contributed by atoms with van der Waals surface area (Å²) < 4.78 is 95.2. The third kappa shape index (κ3) is 14.2. The van der Waals surface area contributed by atoms with Crippen LogP contribution in [0.1, 0.15) is 17.5 Å². The van der Waals surface area contributed by atoms with Crippen molar-refractivity contribution in [2.24, 2.45) is 5.41 Å². The number of hydrogen-bond donors (Lipinski definition) is 3. The van der Waals surface area contributed by atoms with Gasteiger partial charge in [-0.1, -0.05) is 30.3 Å². The molecule has 2 aromatic rings. The zero-order chi connectivity index (χ0) is 33.1. The van der Waals surface area contributed by atoms with Crippen LogP contribution in [-0.2, 0) is 27.5 Å². The Morgan fingerprint density at radius 3 is 1.40 bits per heavy atom. The van der Waals surface area contributed by atoms with E-state index in [9.17, 15) is 39.5 Å². The Morgan fingerprint density at radius 2 is 1.00 bits per heavy atom. The van der Waals surface area contributed by atoms with Gasteiger partial charge in [-0.3, -0.25) is 14.8 Å². The highest BCUT2D eigenvalue weighted by Gasteiger charge is 2.47. The van der Waals surface area contributed by atoms with Gasteiger partial charge in [0.05, 0.1) is 0 Å². The molecule has 0 amide bonds. The standard InChI is InChI=1S/C19H23N3.3C2HF3O2/c1-2-4-17(5-3-1)12-21-11-8-19(14-21)15-22(16-19)13-18-6-9-20-10-7-18;3*3-2(4,5)1(6)7/h1-7,9-10H,8,11-16H2;3*(H,6,7). The van der Waals surface area contributed by atoms with Gasteiger partial charge in [0.1, 0.15) is 0 Å². The molecule has 18 heteroatoms. The number of carboxylic acids is 3. The first kappa shape index (κ1) is 37.1. The predicted octanol–water partition coefficient (Wildman–Crippen LogP) is 4.69. The number of halogens is 9. The quantitative estimate of drug-likeness (QED) is 0.410. The van der Waals surface area contributed by atoms with E-state index < -0.39 is 36.4 Å². The summed E-state index contributed by atoms with van der Waals surface area (Å²) in [6.07, 6.45) is -10.1. The Bertz CT molecular complexity index is 1110. The second kappa shape index (κ2) is 15.5. The van der Waals surface area contributed by atoms with Gasteiger partial charge in [0.15, 0.2) is 0 Å². The van der Waals surface area contributed by atoms with E-state index in [1.54, 1.807) is 0 Å². The van der Waals surface area contributed by atoms with Crippen LogP contribution < -0.4 is 0 Å². The number of nitrogens with zero attached hydrogens (tertiary/aromatic N) is 3. The summed E-state index contributed by atoms with van der Waals surface area (Å²) >= 11 is 0. The number of aromatic nitrogens is 1. The van der Waals surface area contributed by atoms with Crippen LogP contribution in [0.15, 0.2) is 54.9 Å². The molecule has 0 bridgehead atoms. The fourth-order valence-electron chi connectivity index (χ4n) is 4.02. The number of rotatable bonds is 4. The molecule has 0 saturated carbocycles. The number of aliphatic carboxylic acids is 3. The third-order valence-corrected chi connectivity index (χ3v) is 5.77. The smallest absolute Gasteiger partial charge is 0.475 e. The molecule has 2 aliphatic heterocycles. The predicted molar refractivity (Wildman–Crippen MR) is 129 cm³/mol. The Balaban J connectivity index is 0.000000363. The van der Waals surface area contributed by atoms with Crippen molar-refractivity contribution in [3.8, 4) is 0 Å². The molecule has 2 saturated heterocycles. The molecule has 9 nitrogen and oxygen atoms in total. The van der Waals surface area contributed by atoms with Crippen LogP contribution in [0.25, 0.3) is 0 Å². The van der Waals surface area contributed by atoms with Crippen molar-refractivity contribution < 1.29 is 69.2 Å². The summed E-state index contributed by atoms with van der Waals surface area (Å²) in [4.78, 5) is 36.0. The molecule has 0 aliphatic carbocycles. The summed E-state index contributed by atoms with van der Waals surface area (Å²) in [5.74, 6) is -8.27. The van der Waals surface area contributed by atoms with Gasteiger partial charge in [-0.05, 0) is 36.2 Å². The fourth-order valence-corrected chi connectivity index (χ4v) is 4.02. The number of carboxylic acid groups (broad SMARTS) is 3. The fraction of sp³-hybridized carbons (Fsp3) is 0.440. The number of benzene rings is 1. The summed E-state index contributed by atoms with van der Waals surface area (Å²) in [5.41, 5.74) is 3.37. The van der Waals surface area contributed by atoms with Gasteiger partial charge < -0.3 is 15.3 Å². The highest BCUT2D eigenvalue weighted by Crippen LogP contribution is 2.40. The molecule has 2 aliphatic rings. The number of likely N-dealkylation sites (tertiary alicyclic amines) is 2. The molecule has 1 spiro atoms. The maximum Gasteiger partial charge on any atom is 0.490 e. The molecule has 3 N–H and O–H groups in total. The van der Waals surface area contributed by atoms with Gasteiger partial charge in [-0.25, -0.2) is 14.4 Å². The van der Waals surface area contributed by atoms with Crippen LogP contribution in [0.2, 0.25) is 0 Å². The van der Waals surface area contributed by atoms with Crippen LogP contribution in [-0.4, -0.2) is 92.7 Å². The van der Waals surface area contributed by atoms with Crippen molar-refractivity contribution in [3.05, 3.63) is 66.0 Å². The molecular formula is C25H26F9N3O6. The van der Waals surface area contributed by atoms with Gasteiger partial charge >= 0.3 is 36.4 Å². The summed E-state index contributed by atoms with van der Waals surface area (Å²) in [7, 11) is 0. The lowest BCUT2D eigenvalue weighted by Crippen LogP contribution is -2.56. The number of hydrogen-bond acceptors (Lipinski definition) is 6. The SMILES string of the molecule is O=C(O)C(F)(F)F.O=C(O)C(F)(F)F.O=C(O)C(F)(F)F.c1ccc(CN2CCC3(C2)CN(Cc2ccncc2)C3)cc1. The summed E-state index contributed by atoms with van der Waals surface area (Å²) in [6, 6.07) is 15.1. The van der Waals surface area contributed by atoms with Crippen LogP contribution in [0, 0.1) is 5.41 Å². The van der Waals surface area contributed by atoms with Gasteiger partial charge in [0, 0.05) is 50.5 Å². The van der Waals surface area contributed by atoms with E-state index in [4.69, 9.17) is 29.7 Å². The Hall–Kier alpha value is -3.93. The minimum absolute atomic E-state index is 0.557. The second-order valence-electron chi connectivity index (χ2n) is 9.36. The lowest BCUT2D eigenvalue weighted by Gasteiger charge is -2.48. The van der Waals surface area contributed by atoms with E-state index in [0.29, 0.717) is 5.41 Å².